The topological polar surface area (TPSA) is 64.1 Å². The summed E-state index contributed by atoms with van der Waals surface area (Å²) in [7, 11) is 0. The Morgan fingerprint density at radius 3 is 2.78 bits per heavy atom. The molecule has 1 aliphatic carbocycles. The Balaban J connectivity index is 1.84. The lowest BCUT2D eigenvalue weighted by Gasteiger charge is -2.09. The van der Waals surface area contributed by atoms with Crippen molar-refractivity contribution in [1.82, 2.24) is 9.78 Å². The van der Waals surface area contributed by atoms with E-state index in [0.717, 1.165) is 12.1 Å². The van der Waals surface area contributed by atoms with Crippen LogP contribution in [0.25, 0.3) is 5.69 Å². The van der Waals surface area contributed by atoms with Gasteiger partial charge in [-0.1, -0.05) is 18.2 Å². The number of nitrogens with two attached hydrogens (primary N) is 1. The molecule has 18 heavy (non-hydrogen) atoms. The molecule has 3 N–H and O–H groups in total. The smallest absolute Gasteiger partial charge is 0.0645 e. The summed E-state index contributed by atoms with van der Waals surface area (Å²) in [6, 6.07) is 10.0. The summed E-state index contributed by atoms with van der Waals surface area (Å²) < 4.78 is 1.87. The van der Waals surface area contributed by atoms with E-state index in [1.54, 1.807) is 0 Å². The fraction of sp³-hybridized carbons (Fsp3) is 0.357. The van der Waals surface area contributed by atoms with E-state index < -0.39 is 0 Å². The van der Waals surface area contributed by atoms with Gasteiger partial charge in [0.05, 0.1) is 18.5 Å². The molecule has 0 aliphatic heterocycles. The Labute approximate surface area is 106 Å². The van der Waals surface area contributed by atoms with Crippen molar-refractivity contribution in [3.8, 4) is 5.69 Å². The molecule has 2 atom stereocenters. The van der Waals surface area contributed by atoms with E-state index >= 15 is 0 Å². The summed E-state index contributed by atoms with van der Waals surface area (Å²) in [5, 5.41) is 13.8. The first-order valence-electron chi connectivity index (χ1n) is 6.20. The highest BCUT2D eigenvalue weighted by Gasteiger charge is 2.53. The third-order valence-electron chi connectivity index (χ3n) is 3.94. The molecule has 0 bridgehead atoms. The molecule has 0 spiro atoms. The minimum Gasteiger partial charge on any atom is -0.396 e. The van der Waals surface area contributed by atoms with E-state index in [4.69, 9.17) is 5.73 Å². The first-order chi connectivity index (χ1) is 8.79. The predicted molar refractivity (Wildman–Crippen MR) is 69.5 cm³/mol. The number of hydrogen-bond donors (Lipinski definition) is 2. The number of para-hydroxylation sites is 1. The van der Waals surface area contributed by atoms with Crippen LogP contribution in [0.2, 0.25) is 0 Å². The summed E-state index contributed by atoms with van der Waals surface area (Å²) in [6.45, 7) is 0.690. The van der Waals surface area contributed by atoms with Gasteiger partial charge in [-0.3, -0.25) is 0 Å². The molecule has 1 aliphatic rings. The molecule has 1 aromatic carbocycles. The van der Waals surface area contributed by atoms with Gasteiger partial charge in [-0.2, -0.15) is 5.10 Å². The van der Waals surface area contributed by atoms with Crippen LogP contribution in [0.3, 0.4) is 0 Å². The van der Waals surface area contributed by atoms with Gasteiger partial charge in [-0.25, -0.2) is 4.68 Å². The molecule has 94 valence electrons. The van der Waals surface area contributed by atoms with Crippen LogP contribution in [-0.4, -0.2) is 28.0 Å². The van der Waals surface area contributed by atoms with Crippen molar-refractivity contribution in [3.63, 3.8) is 0 Å². The van der Waals surface area contributed by atoms with Gasteiger partial charge in [0.15, 0.2) is 0 Å². The Morgan fingerprint density at radius 1 is 1.39 bits per heavy atom. The molecule has 2 unspecified atom stereocenters. The second kappa shape index (κ2) is 4.23. The first-order valence-corrected chi connectivity index (χ1v) is 6.20. The molecule has 0 amide bonds. The quantitative estimate of drug-likeness (QED) is 0.850. The summed E-state index contributed by atoms with van der Waals surface area (Å²) >= 11 is 0. The average Bonchev–Trinajstić information content (AvgIpc) is 2.98. The molecule has 1 aromatic heterocycles. The van der Waals surface area contributed by atoms with Crippen LogP contribution in [0.1, 0.15) is 17.9 Å². The number of nitrogens with zero attached hydrogens (tertiary/aromatic N) is 2. The maximum atomic E-state index is 9.40. The van der Waals surface area contributed by atoms with E-state index in [2.05, 4.69) is 5.10 Å². The number of hydrogen-bond acceptors (Lipinski definition) is 3. The largest absolute Gasteiger partial charge is 0.396 e. The number of aliphatic hydroxyl groups is 1. The maximum absolute atomic E-state index is 9.40. The molecule has 4 nitrogen and oxygen atoms in total. The van der Waals surface area contributed by atoms with Crippen LogP contribution in [0.4, 0.5) is 0 Å². The third-order valence-corrected chi connectivity index (χ3v) is 3.94. The van der Waals surface area contributed by atoms with Crippen LogP contribution in [0.5, 0.6) is 0 Å². The number of benzene rings is 1. The zero-order valence-electron chi connectivity index (χ0n) is 10.2. The van der Waals surface area contributed by atoms with Gasteiger partial charge >= 0.3 is 0 Å². The summed E-state index contributed by atoms with van der Waals surface area (Å²) in [5.41, 5.74) is 7.84. The average molecular weight is 243 g/mol. The molecular formula is C14H17N3O. The van der Waals surface area contributed by atoms with Gasteiger partial charge in [-0.15, -0.1) is 0 Å². The molecule has 1 heterocycles. The van der Waals surface area contributed by atoms with Crippen molar-refractivity contribution in [2.45, 2.75) is 12.3 Å². The molecule has 0 radical (unpaired) electrons. The highest BCUT2D eigenvalue weighted by molar-refractivity contribution is 5.34. The molecule has 3 rings (SSSR count). The number of aromatic nitrogens is 2. The van der Waals surface area contributed by atoms with Crippen LogP contribution in [-0.2, 0) is 0 Å². The lowest BCUT2D eigenvalue weighted by Crippen LogP contribution is -2.21. The zero-order valence-corrected chi connectivity index (χ0v) is 10.2. The van der Waals surface area contributed by atoms with Gasteiger partial charge in [0, 0.05) is 18.2 Å². The predicted octanol–water partition coefficient (Wildman–Crippen LogP) is 1.30. The first kappa shape index (κ1) is 11.4. The normalized spacial score (nSPS) is 26.2. The standard InChI is InChI=1S/C14H17N3O/c15-9-14(10-18)6-13(14)11-7-16-17(8-11)12-4-2-1-3-5-12/h1-5,7-8,13,18H,6,9-10,15H2. The molecular weight excluding hydrogens is 226 g/mol. The highest BCUT2D eigenvalue weighted by atomic mass is 16.3. The summed E-state index contributed by atoms with van der Waals surface area (Å²) in [4.78, 5) is 0. The fourth-order valence-corrected chi connectivity index (χ4v) is 2.52. The minimum absolute atomic E-state index is 0.107. The minimum atomic E-state index is -0.107. The van der Waals surface area contributed by atoms with Crippen LogP contribution in [0, 0.1) is 5.41 Å². The Morgan fingerprint density at radius 2 is 2.17 bits per heavy atom. The second-order valence-electron chi connectivity index (χ2n) is 5.04. The van der Waals surface area contributed by atoms with Gasteiger partial charge in [-0.05, 0) is 30.0 Å². The lowest BCUT2D eigenvalue weighted by molar-refractivity contribution is 0.211. The van der Waals surface area contributed by atoms with Crippen molar-refractivity contribution >= 4 is 0 Å². The van der Waals surface area contributed by atoms with E-state index in [1.807, 2.05) is 47.4 Å². The molecule has 0 saturated heterocycles. The van der Waals surface area contributed by atoms with E-state index in [1.165, 1.54) is 5.56 Å². The molecule has 2 aromatic rings. The molecule has 1 fully saturated rings. The maximum Gasteiger partial charge on any atom is 0.0645 e. The Hall–Kier alpha value is -1.65. The molecule has 4 heteroatoms. The molecule has 1 saturated carbocycles. The van der Waals surface area contributed by atoms with Crippen molar-refractivity contribution in [1.29, 1.82) is 0 Å². The third kappa shape index (κ3) is 1.74. The summed E-state index contributed by atoms with van der Waals surface area (Å²) in [6.07, 6.45) is 4.87. The zero-order chi connectivity index (χ0) is 12.6. The van der Waals surface area contributed by atoms with Crippen LogP contribution in [0.15, 0.2) is 42.7 Å². The van der Waals surface area contributed by atoms with Gasteiger partial charge in [0.1, 0.15) is 0 Å². The number of rotatable bonds is 4. The van der Waals surface area contributed by atoms with Gasteiger partial charge < -0.3 is 10.8 Å². The number of aliphatic hydroxyl groups excluding tert-OH is 1. The van der Waals surface area contributed by atoms with Crippen molar-refractivity contribution in [3.05, 3.63) is 48.3 Å². The van der Waals surface area contributed by atoms with Crippen LogP contribution >= 0.6 is 0 Å². The lowest BCUT2D eigenvalue weighted by atomic mass is 10.0. The van der Waals surface area contributed by atoms with Gasteiger partial charge in [0.25, 0.3) is 0 Å². The van der Waals surface area contributed by atoms with Crippen molar-refractivity contribution in [2.24, 2.45) is 11.1 Å². The van der Waals surface area contributed by atoms with E-state index in [0.29, 0.717) is 12.5 Å². The Bertz CT molecular complexity index is 531. The Kier molecular flexibility index (Phi) is 2.69. The van der Waals surface area contributed by atoms with Crippen molar-refractivity contribution in [2.75, 3.05) is 13.2 Å². The van der Waals surface area contributed by atoms with E-state index in [-0.39, 0.29) is 12.0 Å². The fourth-order valence-electron chi connectivity index (χ4n) is 2.52. The van der Waals surface area contributed by atoms with Gasteiger partial charge in [0.2, 0.25) is 0 Å². The second-order valence-corrected chi connectivity index (χ2v) is 5.04. The monoisotopic (exact) mass is 243 g/mol. The summed E-state index contributed by atoms with van der Waals surface area (Å²) in [5.74, 6) is 0.352. The van der Waals surface area contributed by atoms with Crippen molar-refractivity contribution < 1.29 is 5.11 Å². The highest BCUT2D eigenvalue weighted by Crippen LogP contribution is 2.58. The van der Waals surface area contributed by atoms with E-state index in [9.17, 15) is 5.11 Å². The SMILES string of the molecule is NCC1(CO)CC1c1cnn(-c2ccccc2)c1. The van der Waals surface area contributed by atoms with Crippen LogP contribution < -0.4 is 5.73 Å².